The van der Waals surface area contributed by atoms with Crippen molar-refractivity contribution < 1.29 is 24.2 Å². The fourth-order valence-corrected chi connectivity index (χ4v) is 4.52. The van der Waals surface area contributed by atoms with Crippen molar-refractivity contribution in [2.45, 2.75) is 44.1 Å². The predicted molar refractivity (Wildman–Crippen MR) is 93.7 cm³/mol. The maximum absolute atomic E-state index is 13.0. The Morgan fingerprint density at radius 3 is 2.19 bits per heavy atom. The van der Waals surface area contributed by atoms with Crippen molar-refractivity contribution in [2.75, 3.05) is 46.4 Å². The summed E-state index contributed by atoms with van der Waals surface area (Å²) in [5, 5.41) is 9.72. The highest BCUT2D eigenvalue weighted by Crippen LogP contribution is 2.33. The number of urea groups is 1. The summed E-state index contributed by atoms with van der Waals surface area (Å²) in [5.41, 5.74) is -1.24. The fraction of sp³-hybridized carbons (Fsp3) is 0.833. The van der Waals surface area contributed by atoms with Gasteiger partial charge in [0.15, 0.2) is 5.54 Å². The van der Waals surface area contributed by atoms with Gasteiger partial charge in [0.05, 0.1) is 6.61 Å². The lowest BCUT2D eigenvalue weighted by atomic mass is 9.91. The molecule has 0 aliphatic carbocycles. The van der Waals surface area contributed by atoms with Crippen molar-refractivity contribution >= 4 is 17.9 Å². The lowest BCUT2D eigenvalue weighted by Gasteiger charge is -2.39. The van der Waals surface area contributed by atoms with Crippen molar-refractivity contribution in [3.8, 4) is 0 Å². The van der Waals surface area contributed by atoms with E-state index in [4.69, 9.17) is 4.74 Å². The Kier molecular flexibility index (Phi) is 5.70. The molecule has 1 unspecified atom stereocenters. The Hall–Kier alpha value is -1.83. The molecule has 8 heteroatoms. The molecule has 8 nitrogen and oxygen atoms in total. The first-order valence-corrected chi connectivity index (χ1v) is 9.57. The lowest BCUT2D eigenvalue weighted by molar-refractivity contribution is -0.162. The molecule has 0 saturated carbocycles. The molecule has 0 spiro atoms. The van der Waals surface area contributed by atoms with E-state index in [0.29, 0.717) is 45.3 Å². The number of carbonyl (C=O) groups is 3. The van der Waals surface area contributed by atoms with E-state index in [9.17, 15) is 19.5 Å². The van der Waals surface area contributed by atoms with Crippen LogP contribution in [0.4, 0.5) is 4.79 Å². The van der Waals surface area contributed by atoms with Gasteiger partial charge in [0.2, 0.25) is 5.91 Å². The molecule has 3 heterocycles. The second kappa shape index (κ2) is 7.82. The summed E-state index contributed by atoms with van der Waals surface area (Å²) in [4.78, 5) is 42.6. The van der Waals surface area contributed by atoms with Gasteiger partial charge in [-0.15, -0.1) is 0 Å². The highest BCUT2D eigenvalue weighted by atomic mass is 16.5. The molecule has 3 aliphatic heterocycles. The van der Waals surface area contributed by atoms with E-state index in [0.717, 1.165) is 25.9 Å². The minimum atomic E-state index is -1.24. The van der Waals surface area contributed by atoms with Crippen LogP contribution in [0.15, 0.2) is 0 Å². The van der Waals surface area contributed by atoms with Gasteiger partial charge < -0.3 is 24.5 Å². The number of hydrogen-bond acceptors (Lipinski definition) is 4. The third kappa shape index (κ3) is 3.39. The number of aliphatic carboxylic acids is 1. The largest absolute Gasteiger partial charge is 0.479 e. The zero-order valence-electron chi connectivity index (χ0n) is 15.5. The molecule has 0 bridgehead atoms. The summed E-state index contributed by atoms with van der Waals surface area (Å²) in [6.07, 6.45) is 4.41. The molecule has 146 valence electrons. The number of nitrogens with zero attached hydrogens (tertiary/aromatic N) is 3. The Morgan fingerprint density at radius 1 is 1.00 bits per heavy atom. The van der Waals surface area contributed by atoms with E-state index >= 15 is 0 Å². The number of piperidine rings is 1. The van der Waals surface area contributed by atoms with Crippen LogP contribution in [0, 0.1) is 5.92 Å². The number of carboxylic acids is 1. The first-order valence-electron chi connectivity index (χ1n) is 9.57. The molecule has 0 radical (unpaired) electrons. The molecule has 0 aromatic heterocycles. The van der Waals surface area contributed by atoms with E-state index in [2.05, 4.69) is 0 Å². The van der Waals surface area contributed by atoms with Crippen LogP contribution in [0.1, 0.15) is 38.5 Å². The van der Waals surface area contributed by atoms with Gasteiger partial charge in [-0.25, -0.2) is 9.59 Å². The van der Waals surface area contributed by atoms with Crippen molar-refractivity contribution in [3.63, 3.8) is 0 Å². The van der Waals surface area contributed by atoms with E-state index in [1.807, 2.05) is 9.80 Å². The second-order valence-electron chi connectivity index (χ2n) is 7.60. The Labute approximate surface area is 154 Å². The van der Waals surface area contributed by atoms with Crippen LogP contribution in [0.2, 0.25) is 0 Å². The van der Waals surface area contributed by atoms with Gasteiger partial charge in [0.1, 0.15) is 0 Å². The number of likely N-dealkylation sites (tertiary alicyclic amines) is 3. The molecular weight excluding hydrogens is 338 g/mol. The zero-order valence-corrected chi connectivity index (χ0v) is 15.5. The minimum absolute atomic E-state index is 0.0143. The second-order valence-corrected chi connectivity index (χ2v) is 7.60. The van der Waals surface area contributed by atoms with Gasteiger partial charge in [-0.1, -0.05) is 0 Å². The van der Waals surface area contributed by atoms with Gasteiger partial charge in [-0.2, -0.15) is 0 Å². The predicted octanol–water partition coefficient (Wildman–Crippen LogP) is 1.01. The molecule has 3 amide bonds. The van der Waals surface area contributed by atoms with Crippen LogP contribution in [0.25, 0.3) is 0 Å². The van der Waals surface area contributed by atoms with Gasteiger partial charge in [-0.3, -0.25) is 4.79 Å². The molecule has 3 rings (SSSR count). The molecule has 3 saturated heterocycles. The molecular formula is C18H29N3O5. The number of methoxy groups -OCH3 is 1. The summed E-state index contributed by atoms with van der Waals surface area (Å²) in [6, 6.07) is 0.0776. The topological polar surface area (TPSA) is 90.4 Å². The summed E-state index contributed by atoms with van der Waals surface area (Å²) in [7, 11) is 1.47. The van der Waals surface area contributed by atoms with Crippen LogP contribution in [-0.4, -0.2) is 89.7 Å². The van der Waals surface area contributed by atoms with E-state index in [-0.39, 0.29) is 24.5 Å². The zero-order chi connectivity index (χ0) is 18.7. The van der Waals surface area contributed by atoms with Crippen LogP contribution >= 0.6 is 0 Å². The van der Waals surface area contributed by atoms with Crippen LogP contribution < -0.4 is 0 Å². The van der Waals surface area contributed by atoms with E-state index in [1.165, 1.54) is 12.0 Å². The van der Waals surface area contributed by atoms with Gasteiger partial charge >= 0.3 is 12.0 Å². The molecule has 3 fully saturated rings. The SMILES string of the molecule is COCC1(C(=O)O)CCCN1C(=O)C1CCN(C(=O)N2CCCC2)CC1. The van der Waals surface area contributed by atoms with Crippen molar-refractivity contribution in [1.29, 1.82) is 0 Å². The summed E-state index contributed by atoms with van der Waals surface area (Å²) in [6.45, 7) is 3.24. The maximum Gasteiger partial charge on any atom is 0.332 e. The van der Waals surface area contributed by atoms with Crippen molar-refractivity contribution in [1.82, 2.24) is 14.7 Å². The molecule has 0 aromatic carbocycles. The molecule has 1 N–H and O–H groups in total. The molecule has 26 heavy (non-hydrogen) atoms. The first kappa shape index (κ1) is 18.9. The number of hydrogen-bond donors (Lipinski definition) is 1. The van der Waals surface area contributed by atoms with Crippen molar-refractivity contribution in [3.05, 3.63) is 0 Å². The van der Waals surface area contributed by atoms with Gasteiger partial charge in [0.25, 0.3) is 0 Å². The van der Waals surface area contributed by atoms with Gasteiger partial charge in [-0.05, 0) is 38.5 Å². The standard InChI is InChI=1S/C18H29N3O5/c1-26-13-18(16(23)24)7-4-10-21(18)15(22)14-5-11-20(12-6-14)17(25)19-8-2-3-9-19/h14H,2-13H2,1H3,(H,23,24). The van der Waals surface area contributed by atoms with E-state index in [1.54, 1.807) is 0 Å². The quantitative estimate of drug-likeness (QED) is 0.801. The third-order valence-electron chi connectivity index (χ3n) is 6.03. The Morgan fingerprint density at radius 2 is 1.62 bits per heavy atom. The Balaban J connectivity index is 1.61. The minimum Gasteiger partial charge on any atom is -0.479 e. The van der Waals surface area contributed by atoms with Gasteiger partial charge in [0, 0.05) is 45.8 Å². The average molecular weight is 367 g/mol. The molecule has 3 aliphatic rings. The number of ether oxygens (including phenoxy) is 1. The average Bonchev–Trinajstić information content (AvgIpc) is 3.31. The maximum atomic E-state index is 13.0. The third-order valence-corrected chi connectivity index (χ3v) is 6.03. The summed E-state index contributed by atoms with van der Waals surface area (Å²) < 4.78 is 5.13. The summed E-state index contributed by atoms with van der Waals surface area (Å²) >= 11 is 0. The molecule has 1 atom stereocenters. The highest BCUT2D eigenvalue weighted by Gasteiger charge is 2.51. The Bertz CT molecular complexity index is 555. The van der Waals surface area contributed by atoms with Crippen LogP contribution in [0.5, 0.6) is 0 Å². The smallest absolute Gasteiger partial charge is 0.332 e. The lowest BCUT2D eigenvalue weighted by Crippen LogP contribution is -2.58. The molecule has 0 aromatic rings. The normalized spacial score (nSPS) is 27.2. The van der Waals surface area contributed by atoms with Crippen molar-refractivity contribution in [2.24, 2.45) is 5.92 Å². The monoisotopic (exact) mass is 367 g/mol. The number of rotatable bonds is 4. The fourth-order valence-electron chi connectivity index (χ4n) is 4.52. The number of amides is 3. The first-order chi connectivity index (χ1) is 12.5. The number of carbonyl (C=O) groups excluding carboxylic acids is 2. The highest BCUT2D eigenvalue weighted by molar-refractivity contribution is 5.89. The summed E-state index contributed by atoms with van der Waals surface area (Å²) in [5.74, 6) is -1.31. The van der Waals surface area contributed by atoms with E-state index < -0.39 is 11.5 Å². The number of carboxylic acid groups (broad SMARTS) is 1. The van der Waals surface area contributed by atoms with Crippen LogP contribution in [0.3, 0.4) is 0 Å². The van der Waals surface area contributed by atoms with Crippen LogP contribution in [-0.2, 0) is 14.3 Å².